The van der Waals surface area contributed by atoms with E-state index in [-0.39, 0.29) is 5.91 Å². The molecule has 0 saturated carbocycles. The third-order valence-electron chi connectivity index (χ3n) is 3.53. The van der Waals surface area contributed by atoms with Crippen molar-refractivity contribution in [3.63, 3.8) is 0 Å². The van der Waals surface area contributed by atoms with Gasteiger partial charge in [0.05, 0.1) is 11.3 Å². The summed E-state index contributed by atoms with van der Waals surface area (Å²) in [7, 11) is 0. The summed E-state index contributed by atoms with van der Waals surface area (Å²) in [5, 5.41) is 7.12. The minimum atomic E-state index is -0.560. The molecule has 2 N–H and O–H groups in total. The monoisotopic (exact) mass is 380 g/mol. The molecular formula is C20H16N2O4S. The summed E-state index contributed by atoms with van der Waals surface area (Å²) in [4.78, 5) is 36.8. The number of rotatable bonds is 6. The molecule has 7 heteroatoms. The molecule has 0 spiro atoms. The van der Waals surface area contributed by atoms with Gasteiger partial charge in [-0.1, -0.05) is 36.4 Å². The van der Waals surface area contributed by atoms with Crippen molar-refractivity contribution in [3.05, 3.63) is 82.6 Å². The van der Waals surface area contributed by atoms with Crippen LogP contribution in [0.25, 0.3) is 0 Å². The number of hydrogen-bond acceptors (Lipinski definition) is 5. The first-order valence-corrected chi connectivity index (χ1v) is 8.97. The fraction of sp³-hybridized carbons (Fsp3) is 0.0500. The van der Waals surface area contributed by atoms with Gasteiger partial charge in [-0.05, 0) is 35.7 Å². The van der Waals surface area contributed by atoms with Gasteiger partial charge in [0, 0.05) is 5.69 Å². The molecule has 136 valence electrons. The number of para-hydroxylation sites is 2. The third kappa shape index (κ3) is 5.02. The molecule has 0 aliphatic rings. The molecule has 6 nitrogen and oxygen atoms in total. The number of carbonyl (C=O) groups is 3. The van der Waals surface area contributed by atoms with Gasteiger partial charge in [-0.3, -0.25) is 9.59 Å². The normalized spacial score (nSPS) is 10.1. The van der Waals surface area contributed by atoms with Crippen molar-refractivity contribution in [3.8, 4) is 0 Å². The highest BCUT2D eigenvalue weighted by Gasteiger charge is 2.15. The first kappa shape index (κ1) is 18.3. The number of ether oxygens (including phenoxy) is 1. The molecule has 0 aliphatic carbocycles. The van der Waals surface area contributed by atoms with Crippen molar-refractivity contribution in [1.82, 2.24) is 0 Å². The summed E-state index contributed by atoms with van der Waals surface area (Å²) in [6.45, 7) is -0.439. The zero-order valence-electron chi connectivity index (χ0n) is 14.2. The Labute approximate surface area is 159 Å². The van der Waals surface area contributed by atoms with Crippen LogP contribution >= 0.6 is 11.3 Å². The Balaban J connectivity index is 1.62. The quantitative estimate of drug-likeness (QED) is 0.637. The Bertz CT molecular complexity index is 940. The lowest BCUT2D eigenvalue weighted by molar-refractivity contribution is -0.119. The minimum absolute atomic E-state index is 0.305. The van der Waals surface area contributed by atoms with Crippen LogP contribution in [0.2, 0.25) is 0 Å². The Kier molecular flexibility index (Phi) is 5.96. The van der Waals surface area contributed by atoms with Crippen molar-refractivity contribution < 1.29 is 19.1 Å². The second kappa shape index (κ2) is 8.77. The molecule has 0 saturated heterocycles. The molecular weight excluding hydrogens is 364 g/mol. The first-order valence-electron chi connectivity index (χ1n) is 8.09. The van der Waals surface area contributed by atoms with E-state index in [9.17, 15) is 14.4 Å². The average molecular weight is 380 g/mol. The van der Waals surface area contributed by atoms with Gasteiger partial charge in [-0.2, -0.15) is 0 Å². The van der Waals surface area contributed by atoms with Gasteiger partial charge in [0.25, 0.3) is 11.8 Å². The fourth-order valence-electron chi connectivity index (χ4n) is 2.29. The van der Waals surface area contributed by atoms with Gasteiger partial charge in [0.2, 0.25) is 0 Å². The second-order valence-corrected chi connectivity index (χ2v) is 6.42. The second-order valence-electron chi connectivity index (χ2n) is 5.47. The number of benzene rings is 2. The van der Waals surface area contributed by atoms with Crippen LogP contribution in [0, 0.1) is 0 Å². The van der Waals surface area contributed by atoms with E-state index < -0.39 is 18.5 Å². The summed E-state index contributed by atoms with van der Waals surface area (Å²) in [5.74, 6) is -1.44. The summed E-state index contributed by atoms with van der Waals surface area (Å²) >= 11 is 1.23. The number of anilines is 2. The fourth-order valence-corrected chi connectivity index (χ4v) is 2.91. The number of esters is 1. The van der Waals surface area contributed by atoms with Gasteiger partial charge in [-0.15, -0.1) is 11.3 Å². The summed E-state index contributed by atoms with van der Waals surface area (Å²) in [5.41, 5.74) is 1.29. The molecule has 0 fully saturated rings. The van der Waals surface area contributed by atoms with Crippen LogP contribution in [0.3, 0.4) is 0 Å². The van der Waals surface area contributed by atoms with Crippen LogP contribution < -0.4 is 10.6 Å². The van der Waals surface area contributed by atoms with Crippen LogP contribution in [0.15, 0.2) is 72.1 Å². The Morgan fingerprint density at radius 3 is 2.33 bits per heavy atom. The van der Waals surface area contributed by atoms with Crippen LogP contribution in [0.1, 0.15) is 20.0 Å². The molecule has 0 radical (unpaired) electrons. The first-order chi connectivity index (χ1) is 13.1. The lowest BCUT2D eigenvalue weighted by atomic mass is 10.1. The van der Waals surface area contributed by atoms with Crippen molar-refractivity contribution in [2.75, 3.05) is 17.2 Å². The van der Waals surface area contributed by atoms with Crippen molar-refractivity contribution >= 4 is 40.5 Å². The highest BCUT2D eigenvalue weighted by molar-refractivity contribution is 7.11. The minimum Gasteiger partial charge on any atom is -0.451 e. The maximum atomic E-state index is 12.5. The van der Waals surface area contributed by atoms with Gasteiger partial charge < -0.3 is 15.4 Å². The van der Waals surface area contributed by atoms with Gasteiger partial charge >= 0.3 is 5.97 Å². The summed E-state index contributed by atoms with van der Waals surface area (Å²) in [6, 6.07) is 19.0. The number of amides is 2. The zero-order chi connectivity index (χ0) is 19.1. The predicted octanol–water partition coefficient (Wildman–Crippen LogP) is 3.80. The average Bonchev–Trinajstić information content (AvgIpc) is 3.22. The van der Waals surface area contributed by atoms with E-state index in [1.54, 1.807) is 53.9 Å². The van der Waals surface area contributed by atoms with E-state index in [1.807, 2.05) is 18.2 Å². The molecule has 3 aromatic rings. The Morgan fingerprint density at radius 1 is 0.852 bits per heavy atom. The van der Waals surface area contributed by atoms with E-state index in [0.29, 0.717) is 21.8 Å². The van der Waals surface area contributed by atoms with Crippen LogP contribution in [-0.4, -0.2) is 24.4 Å². The number of hydrogen-bond donors (Lipinski definition) is 2. The predicted molar refractivity (Wildman–Crippen MR) is 104 cm³/mol. The smallest absolute Gasteiger partial charge is 0.348 e. The molecule has 2 amide bonds. The highest BCUT2D eigenvalue weighted by atomic mass is 32.1. The van der Waals surface area contributed by atoms with Crippen molar-refractivity contribution in [1.29, 1.82) is 0 Å². The molecule has 0 unspecified atom stereocenters. The van der Waals surface area contributed by atoms with E-state index in [0.717, 1.165) is 0 Å². The summed E-state index contributed by atoms with van der Waals surface area (Å²) < 4.78 is 4.98. The van der Waals surface area contributed by atoms with Gasteiger partial charge in [0.15, 0.2) is 6.61 Å². The van der Waals surface area contributed by atoms with Crippen LogP contribution in [0.4, 0.5) is 11.4 Å². The van der Waals surface area contributed by atoms with E-state index in [2.05, 4.69) is 10.6 Å². The standard InChI is InChI=1S/C20H16N2O4S/c23-18(13-26-20(25)17-11-6-12-27-17)22-16-10-5-4-9-15(16)19(24)21-14-7-2-1-3-8-14/h1-12H,13H2,(H,21,24)(H,22,23). The Morgan fingerprint density at radius 2 is 1.59 bits per heavy atom. The number of carbonyl (C=O) groups excluding carboxylic acids is 3. The highest BCUT2D eigenvalue weighted by Crippen LogP contribution is 2.17. The number of thiophene rings is 1. The zero-order valence-corrected chi connectivity index (χ0v) is 15.0. The van der Waals surface area contributed by atoms with Crippen molar-refractivity contribution in [2.45, 2.75) is 0 Å². The molecule has 3 rings (SSSR count). The van der Waals surface area contributed by atoms with Crippen molar-refractivity contribution in [2.24, 2.45) is 0 Å². The topological polar surface area (TPSA) is 84.5 Å². The lowest BCUT2D eigenvalue weighted by Crippen LogP contribution is -2.23. The van der Waals surface area contributed by atoms with Gasteiger partial charge in [-0.25, -0.2) is 4.79 Å². The molecule has 27 heavy (non-hydrogen) atoms. The number of nitrogens with one attached hydrogen (secondary N) is 2. The maximum absolute atomic E-state index is 12.5. The van der Waals surface area contributed by atoms with E-state index in [4.69, 9.17) is 4.74 Å². The largest absolute Gasteiger partial charge is 0.451 e. The Hall–Kier alpha value is -3.45. The van der Waals surface area contributed by atoms with Crippen LogP contribution in [0.5, 0.6) is 0 Å². The molecule has 1 aromatic heterocycles. The van der Waals surface area contributed by atoms with Crippen LogP contribution in [-0.2, 0) is 9.53 Å². The van der Waals surface area contributed by atoms with Gasteiger partial charge in [0.1, 0.15) is 4.88 Å². The van der Waals surface area contributed by atoms with E-state index in [1.165, 1.54) is 11.3 Å². The molecule has 2 aromatic carbocycles. The maximum Gasteiger partial charge on any atom is 0.348 e. The molecule has 1 heterocycles. The molecule has 0 aliphatic heterocycles. The summed E-state index contributed by atoms with van der Waals surface area (Å²) in [6.07, 6.45) is 0. The molecule has 0 bridgehead atoms. The third-order valence-corrected chi connectivity index (χ3v) is 4.38. The molecule has 0 atom stereocenters. The van der Waals surface area contributed by atoms with E-state index >= 15 is 0 Å². The lowest BCUT2D eigenvalue weighted by Gasteiger charge is -2.11. The SMILES string of the molecule is O=C(COC(=O)c1cccs1)Nc1ccccc1C(=O)Nc1ccccc1.